The topological polar surface area (TPSA) is 75.1 Å². The molecule has 3 N–H and O–H groups in total. The Balaban J connectivity index is 2.17. The Morgan fingerprint density at radius 3 is 2.72 bits per heavy atom. The molecule has 0 amide bonds. The van der Waals surface area contributed by atoms with Gasteiger partial charge in [-0.05, 0) is 19.1 Å². The molecule has 0 unspecified atom stereocenters. The van der Waals surface area contributed by atoms with Gasteiger partial charge in [0, 0.05) is 12.6 Å². The first-order valence-electron chi connectivity index (χ1n) is 5.22. The molecule has 0 aliphatic carbocycles. The number of nitrogens with zero attached hydrogens (tertiary/aromatic N) is 3. The number of rotatable bonds is 3. The predicted octanol–water partition coefficient (Wildman–Crippen LogP) is 1.52. The molecule has 0 aromatic heterocycles. The normalized spacial score (nSPS) is 16.8. The average molecular weight is 251 g/mol. The van der Waals surface area contributed by atoms with Crippen LogP contribution in [0.4, 0.5) is 14.5 Å². The van der Waals surface area contributed by atoms with Crippen LogP contribution in [0.3, 0.4) is 0 Å². The molecule has 18 heavy (non-hydrogen) atoms. The molecular weight excluding hydrogens is 240 g/mol. The van der Waals surface area contributed by atoms with Crippen molar-refractivity contribution in [2.75, 3.05) is 12.0 Å². The third kappa shape index (κ3) is 2.40. The minimum absolute atomic E-state index is 0.207. The Morgan fingerprint density at radius 1 is 1.28 bits per heavy atom. The van der Waals surface area contributed by atoms with E-state index < -0.39 is 11.6 Å². The first-order valence-corrected chi connectivity index (χ1v) is 5.22. The van der Waals surface area contributed by atoms with Gasteiger partial charge in [0.15, 0.2) is 11.6 Å². The fourth-order valence-corrected chi connectivity index (χ4v) is 1.41. The molecule has 5 nitrogen and oxygen atoms in total. The Hall–Kier alpha value is -2.15. The second-order valence-corrected chi connectivity index (χ2v) is 3.64. The van der Waals surface area contributed by atoms with Crippen molar-refractivity contribution in [3.63, 3.8) is 0 Å². The summed E-state index contributed by atoms with van der Waals surface area (Å²) in [5.41, 5.74) is 10.1. The van der Waals surface area contributed by atoms with Gasteiger partial charge in [0.05, 0.1) is 11.4 Å². The largest absolute Gasteiger partial charge is 0.325 e. The second kappa shape index (κ2) is 5.01. The van der Waals surface area contributed by atoms with Crippen molar-refractivity contribution in [3.05, 3.63) is 29.8 Å². The van der Waals surface area contributed by atoms with Gasteiger partial charge in [-0.15, -0.1) is 0 Å². The van der Waals surface area contributed by atoms with Crippen LogP contribution in [-0.2, 0) is 0 Å². The number of halogens is 2. The lowest BCUT2D eigenvalue weighted by molar-refractivity contribution is 0.509. The Bertz CT molecular complexity index is 563. The maximum Gasteiger partial charge on any atom is 0.160 e. The molecule has 94 valence electrons. The highest BCUT2D eigenvalue weighted by molar-refractivity contribution is 6.70. The molecule has 1 aliphatic rings. The van der Waals surface area contributed by atoms with Crippen molar-refractivity contribution in [1.82, 2.24) is 0 Å². The van der Waals surface area contributed by atoms with Crippen LogP contribution >= 0.6 is 0 Å². The van der Waals surface area contributed by atoms with Gasteiger partial charge in [-0.25, -0.2) is 8.78 Å². The van der Waals surface area contributed by atoms with Gasteiger partial charge < -0.3 is 5.73 Å². The fourth-order valence-electron chi connectivity index (χ4n) is 1.41. The van der Waals surface area contributed by atoms with Crippen LogP contribution in [0, 0.1) is 11.6 Å². The summed E-state index contributed by atoms with van der Waals surface area (Å²) < 4.78 is 25.7. The van der Waals surface area contributed by atoms with E-state index in [2.05, 4.69) is 20.7 Å². The maximum atomic E-state index is 13.0. The summed E-state index contributed by atoms with van der Waals surface area (Å²) in [5, 5.41) is 11.7. The van der Waals surface area contributed by atoms with Gasteiger partial charge in [0.2, 0.25) is 0 Å². The van der Waals surface area contributed by atoms with Crippen LogP contribution in [0.15, 0.2) is 33.5 Å². The third-order valence-electron chi connectivity index (χ3n) is 2.35. The van der Waals surface area contributed by atoms with Gasteiger partial charge in [-0.2, -0.15) is 15.3 Å². The van der Waals surface area contributed by atoms with Gasteiger partial charge in [-0.3, -0.25) is 5.43 Å². The van der Waals surface area contributed by atoms with Crippen LogP contribution in [0.1, 0.15) is 6.92 Å². The molecule has 1 aliphatic heterocycles. The molecule has 0 atom stereocenters. The monoisotopic (exact) mass is 251 g/mol. The first-order chi connectivity index (χ1) is 8.61. The van der Waals surface area contributed by atoms with E-state index in [1.807, 2.05) is 0 Å². The molecule has 0 saturated heterocycles. The van der Waals surface area contributed by atoms with E-state index >= 15 is 0 Å². The highest BCUT2D eigenvalue weighted by Crippen LogP contribution is 2.13. The lowest BCUT2D eigenvalue weighted by Gasteiger charge is -2.04. The first kappa shape index (κ1) is 12.3. The molecule has 0 spiro atoms. The molecule has 1 aromatic rings. The Labute approximate surface area is 102 Å². The van der Waals surface area contributed by atoms with Gasteiger partial charge >= 0.3 is 0 Å². The zero-order chi connectivity index (χ0) is 13.1. The molecular formula is C11H11F2N5. The fraction of sp³-hybridized carbons (Fsp3) is 0.182. The Kier molecular flexibility index (Phi) is 3.42. The third-order valence-corrected chi connectivity index (χ3v) is 2.35. The molecule has 0 bridgehead atoms. The van der Waals surface area contributed by atoms with Crippen molar-refractivity contribution >= 4 is 22.8 Å². The van der Waals surface area contributed by atoms with E-state index in [-0.39, 0.29) is 6.54 Å². The number of benzene rings is 1. The SMILES string of the molecule is CC1=NN=C(CN)C1=NNc1ccc(F)c(F)c1. The quantitative estimate of drug-likeness (QED) is 0.799. The zero-order valence-corrected chi connectivity index (χ0v) is 9.61. The van der Waals surface area contributed by atoms with E-state index in [9.17, 15) is 8.78 Å². The highest BCUT2D eigenvalue weighted by atomic mass is 19.2. The van der Waals surface area contributed by atoms with Gasteiger partial charge in [0.1, 0.15) is 11.4 Å². The number of nitrogens with one attached hydrogen (secondary N) is 1. The zero-order valence-electron chi connectivity index (χ0n) is 9.61. The van der Waals surface area contributed by atoms with E-state index in [0.717, 1.165) is 12.1 Å². The molecule has 1 aromatic carbocycles. The molecule has 0 radical (unpaired) electrons. The summed E-state index contributed by atoms with van der Waals surface area (Å²) >= 11 is 0. The summed E-state index contributed by atoms with van der Waals surface area (Å²) in [6.45, 7) is 1.94. The minimum Gasteiger partial charge on any atom is -0.325 e. The lowest BCUT2D eigenvalue weighted by Crippen LogP contribution is -2.26. The molecule has 7 heteroatoms. The number of hydrogen-bond donors (Lipinski definition) is 2. The van der Waals surface area contributed by atoms with Crippen LogP contribution < -0.4 is 11.2 Å². The van der Waals surface area contributed by atoms with Crippen LogP contribution in [-0.4, -0.2) is 23.7 Å². The van der Waals surface area contributed by atoms with Gasteiger partial charge in [0.25, 0.3) is 0 Å². The van der Waals surface area contributed by atoms with Crippen LogP contribution in [0.25, 0.3) is 0 Å². The second-order valence-electron chi connectivity index (χ2n) is 3.64. The minimum atomic E-state index is -0.940. The summed E-state index contributed by atoms with van der Waals surface area (Å²) in [6.07, 6.45) is 0. The summed E-state index contributed by atoms with van der Waals surface area (Å²) in [7, 11) is 0. The average Bonchev–Trinajstić information content (AvgIpc) is 2.71. The van der Waals surface area contributed by atoms with Crippen molar-refractivity contribution < 1.29 is 8.78 Å². The van der Waals surface area contributed by atoms with Crippen molar-refractivity contribution in [3.8, 4) is 0 Å². The maximum absolute atomic E-state index is 13.0. The summed E-state index contributed by atoms with van der Waals surface area (Å²) in [5.74, 6) is -1.85. The number of hydrogen-bond acceptors (Lipinski definition) is 5. The Morgan fingerprint density at radius 2 is 2.06 bits per heavy atom. The van der Waals surface area contributed by atoms with Crippen molar-refractivity contribution in [2.24, 2.45) is 21.0 Å². The number of anilines is 1. The smallest absolute Gasteiger partial charge is 0.160 e. The van der Waals surface area contributed by atoms with Crippen LogP contribution in [0.5, 0.6) is 0 Å². The number of nitrogens with two attached hydrogens (primary N) is 1. The highest BCUT2D eigenvalue weighted by Gasteiger charge is 2.17. The molecule has 1 heterocycles. The van der Waals surface area contributed by atoms with E-state index in [4.69, 9.17) is 5.73 Å². The molecule has 0 fully saturated rings. The van der Waals surface area contributed by atoms with Crippen molar-refractivity contribution in [2.45, 2.75) is 6.92 Å². The van der Waals surface area contributed by atoms with E-state index in [1.165, 1.54) is 6.07 Å². The predicted molar refractivity (Wildman–Crippen MR) is 67.0 cm³/mol. The standard InChI is InChI=1S/C11H11F2N5/c1-6-11(10(5-14)17-15-6)18-16-7-2-3-8(12)9(13)4-7/h2-4,16H,5,14H2,1H3. The lowest BCUT2D eigenvalue weighted by atomic mass is 10.2. The van der Waals surface area contributed by atoms with E-state index in [1.54, 1.807) is 6.92 Å². The number of hydrazone groups is 1. The van der Waals surface area contributed by atoms with Crippen molar-refractivity contribution in [1.29, 1.82) is 0 Å². The summed E-state index contributed by atoms with van der Waals surface area (Å²) in [4.78, 5) is 0. The summed E-state index contributed by atoms with van der Waals surface area (Å²) in [6, 6.07) is 3.41. The van der Waals surface area contributed by atoms with Gasteiger partial charge in [-0.1, -0.05) is 0 Å². The van der Waals surface area contributed by atoms with E-state index in [0.29, 0.717) is 22.8 Å². The van der Waals surface area contributed by atoms with Crippen LogP contribution in [0.2, 0.25) is 0 Å². The molecule has 2 rings (SSSR count). The molecule has 0 saturated carbocycles.